The summed E-state index contributed by atoms with van der Waals surface area (Å²) in [5.74, 6) is 1.20. The van der Waals surface area contributed by atoms with Gasteiger partial charge in [0, 0.05) is 32.1 Å². The first-order valence-corrected chi connectivity index (χ1v) is 10.0. The molecule has 0 aromatic heterocycles. The molecule has 0 unspecified atom stereocenters. The highest BCUT2D eigenvalue weighted by Gasteiger charge is 2.48. The first-order valence-electron chi connectivity index (χ1n) is 10.0. The van der Waals surface area contributed by atoms with Gasteiger partial charge in [-0.05, 0) is 36.7 Å². The molecule has 3 aliphatic heterocycles. The van der Waals surface area contributed by atoms with Crippen molar-refractivity contribution in [1.29, 1.82) is 0 Å². The molecule has 1 aromatic carbocycles. The monoisotopic (exact) mass is 358 g/mol. The fraction of sp³-hybridized carbons (Fsp3) is 0.667. The number of carbonyl (C=O) groups is 1. The lowest BCUT2D eigenvalue weighted by molar-refractivity contribution is -0.155. The van der Waals surface area contributed by atoms with Gasteiger partial charge in [0.15, 0.2) is 0 Å². The fourth-order valence-electron chi connectivity index (χ4n) is 5.25. The molecule has 26 heavy (non-hydrogen) atoms. The number of amides is 1. The molecule has 2 bridgehead atoms. The second kappa shape index (κ2) is 8.07. The second-order valence-electron chi connectivity index (χ2n) is 8.06. The van der Waals surface area contributed by atoms with Crippen molar-refractivity contribution in [2.45, 2.75) is 44.4 Å². The van der Waals surface area contributed by atoms with E-state index < -0.39 is 0 Å². The number of fused-ring (bicyclic) bond motifs is 4. The predicted molar refractivity (Wildman–Crippen MR) is 99.5 cm³/mol. The van der Waals surface area contributed by atoms with Crippen molar-refractivity contribution < 1.29 is 14.6 Å². The van der Waals surface area contributed by atoms with Crippen LogP contribution >= 0.6 is 0 Å². The summed E-state index contributed by atoms with van der Waals surface area (Å²) in [7, 11) is 0. The van der Waals surface area contributed by atoms with E-state index in [-0.39, 0.29) is 18.6 Å². The highest BCUT2D eigenvalue weighted by Crippen LogP contribution is 2.41. The van der Waals surface area contributed by atoms with Crippen molar-refractivity contribution in [1.82, 2.24) is 9.80 Å². The number of likely N-dealkylation sites (tertiary alicyclic amines) is 1. The number of rotatable bonds is 6. The molecule has 1 amide bonds. The summed E-state index contributed by atoms with van der Waals surface area (Å²) in [5.41, 5.74) is 1.21. The summed E-state index contributed by atoms with van der Waals surface area (Å²) in [4.78, 5) is 17.0. The van der Waals surface area contributed by atoms with Gasteiger partial charge in [-0.1, -0.05) is 30.3 Å². The lowest BCUT2D eigenvalue weighted by Crippen LogP contribution is -2.66. The SMILES string of the molecule is O=C1CCC[C@H]2[C@@H]3C[C@@H](CN(CCOCc4ccccc4)C3)[C@H](CO)N12. The Morgan fingerprint density at radius 1 is 1.15 bits per heavy atom. The number of nitrogens with zero attached hydrogens (tertiary/aromatic N) is 2. The van der Waals surface area contributed by atoms with Gasteiger partial charge in [-0.2, -0.15) is 0 Å². The molecule has 0 aliphatic carbocycles. The Hall–Kier alpha value is -1.43. The second-order valence-corrected chi connectivity index (χ2v) is 8.06. The van der Waals surface area contributed by atoms with Crippen LogP contribution in [0.3, 0.4) is 0 Å². The van der Waals surface area contributed by atoms with Crippen LogP contribution in [0.1, 0.15) is 31.2 Å². The molecule has 4 rings (SSSR count). The molecule has 3 heterocycles. The summed E-state index contributed by atoms with van der Waals surface area (Å²) < 4.78 is 5.87. The van der Waals surface area contributed by atoms with Gasteiger partial charge < -0.3 is 19.6 Å². The van der Waals surface area contributed by atoms with Gasteiger partial charge >= 0.3 is 0 Å². The average molecular weight is 358 g/mol. The maximum absolute atomic E-state index is 12.4. The van der Waals surface area contributed by atoms with Crippen molar-refractivity contribution in [2.75, 3.05) is 32.8 Å². The lowest BCUT2D eigenvalue weighted by atomic mass is 9.72. The van der Waals surface area contributed by atoms with Gasteiger partial charge in [-0.3, -0.25) is 4.79 Å². The van der Waals surface area contributed by atoms with Crippen LogP contribution in [-0.2, 0) is 16.1 Å². The van der Waals surface area contributed by atoms with Gasteiger partial charge in [-0.25, -0.2) is 0 Å². The molecule has 3 saturated heterocycles. The molecule has 3 aliphatic rings. The zero-order valence-corrected chi connectivity index (χ0v) is 15.4. The van der Waals surface area contributed by atoms with Crippen LogP contribution in [0.4, 0.5) is 0 Å². The third kappa shape index (κ3) is 3.66. The van der Waals surface area contributed by atoms with Gasteiger partial charge in [0.1, 0.15) is 0 Å². The van der Waals surface area contributed by atoms with E-state index in [9.17, 15) is 9.90 Å². The Morgan fingerprint density at radius 3 is 2.77 bits per heavy atom. The van der Waals surface area contributed by atoms with E-state index in [0.717, 1.165) is 45.5 Å². The molecule has 1 aromatic rings. The quantitative estimate of drug-likeness (QED) is 0.789. The highest BCUT2D eigenvalue weighted by atomic mass is 16.5. The van der Waals surface area contributed by atoms with E-state index in [1.165, 1.54) is 5.56 Å². The zero-order valence-electron chi connectivity index (χ0n) is 15.4. The number of benzene rings is 1. The number of hydrogen-bond donors (Lipinski definition) is 1. The van der Waals surface area contributed by atoms with E-state index in [4.69, 9.17) is 4.74 Å². The minimum Gasteiger partial charge on any atom is -0.394 e. The Bertz CT molecular complexity index is 595. The van der Waals surface area contributed by atoms with E-state index in [2.05, 4.69) is 21.9 Å². The first kappa shape index (κ1) is 18.0. The number of ether oxygens (including phenoxy) is 1. The maximum Gasteiger partial charge on any atom is 0.223 e. The molecule has 5 nitrogen and oxygen atoms in total. The van der Waals surface area contributed by atoms with E-state index in [1.54, 1.807) is 0 Å². The van der Waals surface area contributed by atoms with Gasteiger partial charge in [0.05, 0.1) is 25.9 Å². The largest absolute Gasteiger partial charge is 0.394 e. The molecular formula is C21H30N2O3. The van der Waals surface area contributed by atoms with Crippen LogP contribution < -0.4 is 0 Å². The minimum atomic E-state index is 0.0112. The summed E-state index contributed by atoms with van der Waals surface area (Å²) in [6.45, 7) is 4.43. The molecule has 142 valence electrons. The third-order valence-corrected chi connectivity index (χ3v) is 6.42. The fourth-order valence-corrected chi connectivity index (χ4v) is 5.25. The molecule has 0 spiro atoms. The van der Waals surface area contributed by atoms with Gasteiger partial charge in [-0.15, -0.1) is 0 Å². The molecule has 5 heteroatoms. The Kier molecular flexibility index (Phi) is 5.57. The van der Waals surface area contributed by atoms with Crippen LogP contribution in [0, 0.1) is 11.8 Å². The third-order valence-electron chi connectivity index (χ3n) is 6.42. The predicted octanol–water partition coefficient (Wildman–Crippen LogP) is 1.90. The number of aliphatic hydroxyl groups is 1. The van der Waals surface area contributed by atoms with Crippen LogP contribution in [0.15, 0.2) is 30.3 Å². The first-order chi connectivity index (χ1) is 12.8. The number of piperidine rings is 3. The van der Waals surface area contributed by atoms with Crippen molar-refractivity contribution in [3.8, 4) is 0 Å². The van der Waals surface area contributed by atoms with Crippen LogP contribution in [0.5, 0.6) is 0 Å². The molecule has 1 N–H and O–H groups in total. The number of hydrogen-bond acceptors (Lipinski definition) is 4. The number of carbonyl (C=O) groups excluding carboxylic acids is 1. The zero-order chi connectivity index (χ0) is 17.9. The van der Waals surface area contributed by atoms with Crippen LogP contribution in [-0.4, -0.2) is 65.7 Å². The van der Waals surface area contributed by atoms with Crippen LogP contribution in [0.25, 0.3) is 0 Å². The smallest absolute Gasteiger partial charge is 0.223 e. The Morgan fingerprint density at radius 2 is 1.96 bits per heavy atom. The molecule has 4 atom stereocenters. The van der Waals surface area contributed by atoms with E-state index >= 15 is 0 Å². The molecule has 3 fully saturated rings. The van der Waals surface area contributed by atoms with Crippen molar-refractivity contribution in [3.05, 3.63) is 35.9 Å². The average Bonchev–Trinajstić information content (AvgIpc) is 2.67. The normalized spacial score (nSPS) is 31.7. The Balaban J connectivity index is 1.32. The minimum absolute atomic E-state index is 0.0112. The number of aliphatic hydroxyl groups excluding tert-OH is 1. The van der Waals surface area contributed by atoms with Crippen molar-refractivity contribution >= 4 is 5.91 Å². The standard InChI is InChI=1S/C21H30N2O3/c24-14-20-18-11-17(19-7-4-8-21(25)23(19)20)12-22(13-18)9-10-26-15-16-5-2-1-3-6-16/h1-3,5-6,17-20,24H,4,7-15H2/t17-,18+,19+,20+/m1/s1. The summed E-state index contributed by atoms with van der Waals surface area (Å²) in [5, 5.41) is 9.95. The molecular weight excluding hydrogens is 328 g/mol. The van der Waals surface area contributed by atoms with Crippen LogP contribution in [0.2, 0.25) is 0 Å². The van der Waals surface area contributed by atoms with Crippen molar-refractivity contribution in [2.24, 2.45) is 11.8 Å². The summed E-state index contributed by atoms with van der Waals surface area (Å²) in [6.07, 6.45) is 3.90. The van der Waals surface area contributed by atoms with E-state index in [1.807, 2.05) is 18.2 Å². The van der Waals surface area contributed by atoms with Gasteiger partial charge in [0.25, 0.3) is 0 Å². The highest BCUT2D eigenvalue weighted by molar-refractivity contribution is 5.78. The van der Waals surface area contributed by atoms with Crippen molar-refractivity contribution in [3.63, 3.8) is 0 Å². The summed E-state index contributed by atoms with van der Waals surface area (Å²) in [6, 6.07) is 10.6. The molecule has 0 radical (unpaired) electrons. The topological polar surface area (TPSA) is 53.0 Å². The van der Waals surface area contributed by atoms with E-state index in [0.29, 0.717) is 30.9 Å². The summed E-state index contributed by atoms with van der Waals surface area (Å²) >= 11 is 0. The molecule has 0 saturated carbocycles. The maximum atomic E-state index is 12.4. The Labute approximate surface area is 155 Å². The lowest BCUT2D eigenvalue weighted by Gasteiger charge is -2.56. The van der Waals surface area contributed by atoms with Gasteiger partial charge in [0.2, 0.25) is 5.91 Å².